The lowest BCUT2D eigenvalue weighted by molar-refractivity contribution is -0.151. The first-order valence-electron chi connectivity index (χ1n) is 9.15. The number of pyridine rings is 1. The monoisotopic (exact) mass is 404 g/mol. The predicted octanol–water partition coefficient (Wildman–Crippen LogP) is 2.85. The van der Waals surface area contributed by atoms with E-state index in [-0.39, 0.29) is 24.4 Å². The molecule has 1 aliphatic heterocycles. The largest absolute Gasteiger partial charge is 0.466 e. The van der Waals surface area contributed by atoms with Crippen LogP contribution in [0.15, 0.2) is 30.3 Å². The van der Waals surface area contributed by atoms with Crippen molar-refractivity contribution in [3.8, 4) is 0 Å². The van der Waals surface area contributed by atoms with Gasteiger partial charge in [-0.3, -0.25) is 9.59 Å². The highest BCUT2D eigenvalue weighted by atomic mass is 35.5. The normalized spacial score (nSPS) is 14.7. The number of halogens is 1. The number of rotatable bonds is 5. The summed E-state index contributed by atoms with van der Waals surface area (Å²) in [6.45, 7) is 2.68. The number of carbonyl (C=O) groups excluding carboxylic acids is 3. The molecule has 2 aromatic rings. The van der Waals surface area contributed by atoms with Crippen molar-refractivity contribution in [3.05, 3.63) is 41.0 Å². The maximum absolute atomic E-state index is 12.3. The molecule has 0 aliphatic carbocycles. The van der Waals surface area contributed by atoms with Crippen molar-refractivity contribution >= 4 is 40.3 Å². The van der Waals surface area contributed by atoms with Gasteiger partial charge >= 0.3 is 11.9 Å². The molecule has 3 rings (SSSR count). The van der Waals surface area contributed by atoms with Gasteiger partial charge in [-0.25, -0.2) is 9.78 Å². The van der Waals surface area contributed by atoms with Crippen molar-refractivity contribution in [1.29, 1.82) is 0 Å². The molecule has 0 bridgehead atoms. The van der Waals surface area contributed by atoms with E-state index in [0.29, 0.717) is 48.8 Å². The maximum atomic E-state index is 12.3. The number of benzene rings is 1. The van der Waals surface area contributed by atoms with Gasteiger partial charge in [0.15, 0.2) is 6.61 Å². The summed E-state index contributed by atoms with van der Waals surface area (Å²) in [7, 11) is 0. The number of nitrogens with zero attached hydrogens (tertiary/aromatic N) is 2. The zero-order valence-corrected chi connectivity index (χ0v) is 16.3. The van der Waals surface area contributed by atoms with E-state index < -0.39 is 5.97 Å². The van der Waals surface area contributed by atoms with Crippen LogP contribution in [-0.4, -0.2) is 54.0 Å². The highest BCUT2D eigenvalue weighted by Crippen LogP contribution is 2.20. The van der Waals surface area contributed by atoms with Crippen molar-refractivity contribution in [2.45, 2.75) is 19.8 Å². The van der Waals surface area contributed by atoms with Crippen LogP contribution in [0.1, 0.15) is 30.1 Å². The summed E-state index contributed by atoms with van der Waals surface area (Å²) in [5, 5.41) is 1.13. The zero-order valence-electron chi connectivity index (χ0n) is 15.5. The van der Waals surface area contributed by atoms with Crippen molar-refractivity contribution in [2.75, 3.05) is 26.3 Å². The maximum Gasteiger partial charge on any atom is 0.338 e. The summed E-state index contributed by atoms with van der Waals surface area (Å²) in [6, 6.07) is 8.32. The van der Waals surface area contributed by atoms with Gasteiger partial charge in [0.2, 0.25) is 0 Å². The minimum atomic E-state index is -0.577. The molecule has 0 saturated carbocycles. The van der Waals surface area contributed by atoms with E-state index in [1.54, 1.807) is 42.2 Å². The third-order valence-corrected chi connectivity index (χ3v) is 4.90. The standard InChI is InChI=1S/C20H21ClN2O5/c1-2-27-19(25)13-7-9-23(10-8-13)18(24)12-28-20(26)15-3-5-16-14(11-15)4-6-17(21)22-16/h3-6,11,13H,2,7-10,12H2,1H3. The summed E-state index contributed by atoms with van der Waals surface area (Å²) in [5.74, 6) is -1.24. The van der Waals surface area contributed by atoms with Crippen molar-refractivity contribution in [2.24, 2.45) is 5.92 Å². The van der Waals surface area contributed by atoms with Crippen molar-refractivity contribution in [1.82, 2.24) is 9.88 Å². The number of fused-ring (bicyclic) bond motifs is 1. The Morgan fingerprint density at radius 1 is 1.14 bits per heavy atom. The topological polar surface area (TPSA) is 85.8 Å². The molecular weight excluding hydrogens is 384 g/mol. The number of ether oxygens (including phenoxy) is 2. The molecule has 0 radical (unpaired) electrons. The Bertz CT molecular complexity index is 893. The fourth-order valence-corrected chi connectivity index (χ4v) is 3.31. The molecule has 1 aromatic heterocycles. The minimum absolute atomic E-state index is 0.175. The van der Waals surface area contributed by atoms with Gasteiger partial charge in [0, 0.05) is 18.5 Å². The predicted molar refractivity (Wildman–Crippen MR) is 103 cm³/mol. The lowest BCUT2D eigenvalue weighted by Gasteiger charge is -2.30. The molecule has 7 nitrogen and oxygen atoms in total. The molecule has 2 heterocycles. The first-order valence-corrected chi connectivity index (χ1v) is 9.53. The molecule has 28 heavy (non-hydrogen) atoms. The molecule has 8 heteroatoms. The quantitative estimate of drug-likeness (QED) is 0.562. The first-order chi connectivity index (χ1) is 13.5. The summed E-state index contributed by atoms with van der Waals surface area (Å²) in [6.07, 6.45) is 1.11. The number of aromatic nitrogens is 1. The SMILES string of the molecule is CCOC(=O)C1CCN(C(=O)COC(=O)c2ccc3nc(Cl)ccc3c2)CC1. The molecule has 1 aromatic carbocycles. The summed E-state index contributed by atoms with van der Waals surface area (Å²) < 4.78 is 10.2. The molecule has 0 N–H and O–H groups in total. The van der Waals surface area contributed by atoms with Crippen LogP contribution in [0, 0.1) is 5.92 Å². The lowest BCUT2D eigenvalue weighted by atomic mass is 9.97. The third-order valence-electron chi connectivity index (χ3n) is 4.69. The highest BCUT2D eigenvalue weighted by Gasteiger charge is 2.28. The summed E-state index contributed by atoms with van der Waals surface area (Å²) in [5.41, 5.74) is 1.01. The second-order valence-electron chi connectivity index (χ2n) is 6.52. The van der Waals surface area contributed by atoms with Gasteiger partial charge < -0.3 is 14.4 Å². The summed E-state index contributed by atoms with van der Waals surface area (Å²) >= 11 is 5.85. The Kier molecular flexibility index (Phi) is 6.46. The molecule has 1 fully saturated rings. The van der Waals surface area contributed by atoms with Crippen LogP contribution in [-0.2, 0) is 19.1 Å². The molecule has 1 saturated heterocycles. The third kappa shape index (κ3) is 4.78. The van der Waals surface area contributed by atoms with Gasteiger partial charge in [-0.05, 0) is 50.1 Å². The van der Waals surface area contributed by atoms with E-state index in [9.17, 15) is 14.4 Å². The average Bonchev–Trinajstić information content (AvgIpc) is 2.71. The van der Waals surface area contributed by atoms with E-state index in [1.165, 1.54) is 0 Å². The number of hydrogen-bond donors (Lipinski definition) is 0. The van der Waals surface area contributed by atoms with E-state index in [2.05, 4.69) is 4.98 Å². The lowest BCUT2D eigenvalue weighted by Crippen LogP contribution is -2.42. The number of amides is 1. The number of esters is 2. The van der Waals surface area contributed by atoms with Gasteiger partial charge in [0.1, 0.15) is 5.15 Å². The number of likely N-dealkylation sites (tertiary alicyclic amines) is 1. The van der Waals surface area contributed by atoms with Gasteiger partial charge in [0.05, 0.1) is 23.6 Å². The highest BCUT2D eigenvalue weighted by molar-refractivity contribution is 6.29. The summed E-state index contributed by atoms with van der Waals surface area (Å²) in [4.78, 5) is 42.1. The van der Waals surface area contributed by atoms with E-state index >= 15 is 0 Å². The van der Waals surface area contributed by atoms with E-state index in [1.807, 2.05) is 0 Å². The molecule has 1 aliphatic rings. The smallest absolute Gasteiger partial charge is 0.338 e. The van der Waals surface area contributed by atoms with Gasteiger partial charge in [0.25, 0.3) is 5.91 Å². The Morgan fingerprint density at radius 3 is 2.61 bits per heavy atom. The van der Waals surface area contributed by atoms with Crippen LogP contribution < -0.4 is 0 Å². The van der Waals surface area contributed by atoms with Crippen molar-refractivity contribution in [3.63, 3.8) is 0 Å². The van der Waals surface area contributed by atoms with Crippen LogP contribution in [0.3, 0.4) is 0 Å². The number of hydrogen-bond acceptors (Lipinski definition) is 6. The van der Waals surface area contributed by atoms with Gasteiger partial charge in [-0.15, -0.1) is 0 Å². The van der Waals surface area contributed by atoms with Crippen LogP contribution in [0.5, 0.6) is 0 Å². The molecule has 1 amide bonds. The Morgan fingerprint density at radius 2 is 1.89 bits per heavy atom. The average molecular weight is 405 g/mol. The van der Waals surface area contributed by atoms with E-state index in [4.69, 9.17) is 21.1 Å². The van der Waals surface area contributed by atoms with Crippen LogP contribution in [0.2, 0.25) is 5.15 Å². The van der Waals surface area contributed by atoms with Crippen molar-refractivity contribution < 1.29 is 23.9 Å². The Hall–Kier alpha value is -2.67. The van der Waals surface area contributed by atoms with E-state index in [0.717, 1.165) is 5.39 Å². The molecule has 0 unspecified atom stereocenters. The van der Waals surface area contributed by atoms with Gasteiger partial charge in [-0.2, -0.15) is 0 Å². The number of piperidine rings is 1. The molecule has 148 valence electrons. The zero-order chi connectivity index (χ0) is 20.1. The van der Waals surface area contributed by atoms with Crippen LogP contribution in [0.4, 0.5) is 0 Å². The molecular formula is C20H21ClN2O5. The number of carbonyl (C=O) groups is 3. The minimum Gasteiger partial charge on any atom is -0.466 e. The fraction of sp³-hybridized carbons (Fsp3) is 0.400. The molecule has 0 spiro atoms. The van der Waals surface area contributed by atoms with Gasteiger partial charge in [-0.1, -0.05) is 11.6 Å². The Labute approximate surface area is 167 Å². The Balaban J connectivity index is 1.51. The fourth-order valence-electron chi connectivity index (χ4n) is 3.15. The van der Waals surface area contributed by atoms with Crippen LogP contribution >= 0.6 is 11.6 Å². The van der Waals surface area contributed by atoms with Crippen LogP contribution in [0.25, 0.3) is 10.9 Å². The molecule has 0 atom stereocenters. The second kappa shape index (κ2) is 9.01. The second-order valence-corrected chi connectivity index (χ2v) is 6.91. The first kappa shape index (κ1) is 20.1.